The molecule has 0 saturated heterocycles. The summed E-state index contributed by atoms with van der Waals surface area (Å²) >= 11 is 0. The van der Waals surface area contributed by atoms with Crippen molar-refractivity contribution in [1.29, 1.82) is 0 Å². The molecule has 1 aromatic carbocycles. The summed E-state index contributed by atoms with van der Waals surface area (Å²) in [6, 6.07) is 10.3. The van der Waals surface area contributed by atoms with Crippen molar-refractivity contribution < 1.29 is 14.3 Å². The van der Waals surface area contributed by atoms with Gasteiger partial charge in [-0.15, -0.1) is 0 Å². The molecule has 0 atom stereocenters. The molecular formula is C15H20O3. The van der Waals surface area contributed by atoms with E-state index in [1.54, 1.807) is 6.92 Å². The molecule has 0 N–H and O–H groups in total. The van der Waals surface area contributed by atoms with Gasteiger partial charge in [0, 0.05) is 6.42 Å². The molecule has 0 aromatic heterocycles. The van der Waals surface area contributed by atoms with E-state index in [0.717, 1.165) is 25.7 Å². The highest BCUT2D eigenvalue weighted by molar-refractivity contribution is 6.33. The van der Waals surface area contributed by atoms with Crippen LogP contribution in [0.5, 0.6) is 0 Å². The summed E-state index contributed by atoms with van der Waals surface area (Å²) in [7, 11) is 0. The van der Waals surface area contributed by atoms with Gasteiger partial charge in [0.1, 0.15) is 0 Å². The number of hydrogen-bond donors (Lipinski definition) is 0. The first-order valence-electron chi connectivity index (χ1n) is 6.48. The lowest BCUT2D eigenvalue weighted by Crippen LogP contribution is -2.16. The number of aryl methyl sites for hydroxylation is 1. The van der Waals surface area contributed by atoms with Gasteiger partial charge >= 0.3 is 5.97 Å². The Kier molecular flexibility index (Phi) is 6.77. The Hall–Kier alpha value is -1.64. The Morgan fingerprint density at radius 3 is 2.44 bits per heavy atom. The third-order valence-electron chi connectivity index (χ3n) is 2.72. The van der Waals surface area contributed by atoms with Crippen molar-refractivity contribution in [3.05, 3.63) is 35.9 Å². The minimum Gasteiger partial charge on any atom is -0.460 e. The maximum Gasteiger partial charge on any atom is 0.374 e. The molecule has 0 saturated carbocycles. The van der Waals surface area contributed by atoms with Crippen LogP contribution in [-0.4, -0.2) is 18.4 Å². The summed E-state index contributed by atoms with van der Waals surface area (Å²) in [5, 5.41) is 0. The number of hydrogen-bond acceptors (Lipinski definition) is 3. The second-order valence-electron chi connectivity index (χ2n) is 4.19. The first-order valence-corrected chi connectivity index (χ1v) is 6.48. The molecule has 1 aromatic rings. The Labute approximate surface area is 108 Å². The summed E-state index contributed by atoms with van der Waals surface area (Å²) in [5.41, 5.74) is 1.31. The van der Waals surface area contributed by atoms with E-state index in [4.69, 9.17) is 0 Å². The molecule has 3 nitrogen and oxygen atoms in total. The second-order valence-corrected chi connectivity index (χ2v) is 4.19. The number of esters is 1. The highest BCUT2D eigenvalue weighted by Gasteiger charge is 2.13. The predicted octanol–water partition coefficient (Wildman–Crippen LogP) is 2.92. The van der Waals surface area contributed by atoms with E-state index in [1.165, 1.54) is 5.56 Å². The molecule has 0 aliphatic heterocycles. The summed E-state index contributed by atoms with van der Waals surface area (Å²) in [6.45, 7) is 1.96. The molecule has 0 spiro atoms. The van der Waals surface area contributed by atoms with Crippen molar-refractivity contribution in [2.45, 2.75) is 39.0 Å². The Bertz CT molecular complexity index is 371. The Morgan fingerprint density at radius 2 is 1.78 bits per heavy atom. The molecule has 0 unspecified atom stereocenters. The Balaban J connectivity index is 2.09. The van der Waals surface area contributed by atoms with E-state index >= 15 is 0 Å². The standard InChI is InChI=1S/C15H20O3/c1-2-18-15(17)14(16)12-8-4-7-11-13-9-5-3-6-10-13/h3,5-6,9-10H,2,4,7-8,11-12H2,1H3. The van der Waals surface area contributed by atoms with Crippen LogP contribution in [0.15, 0.2) is 30.3 Å². The van der Waals surface area contributed by atoms with Gasteiger partial charge in [0.2, 0.25) is 5.78 Å². The van der Waals surface area contributed by atoms with Crippen LogP contribution in [0.25, 0.3) is 0 Å². The van der Waals surface area contributed by atoms with Crippen LogP contribution >= 0.6 is 0 Å². The van der Waals surface area contributed by atoms with Gasteiger partial charge < -0.3 is 4.74 Å². The number of benzene rings is 1. The fraction of sp³-hybridized carbons (Fsp3) is 0.467. The maximum absolute atomic E-state index is 11.3. The Morgan fingerprint density at radius 1 is 1.06 bits per heavy atom. The fourth-order valence-electron chi connectivity index (χ4n) is 1.75. The van der Waals surface area contributed by atoms with Gasteiger partial charge in [0.05, 0.1) is 6.61 Å². The van der Waals surface area contributed by atoms with E-state index in [2.05, 4.69) is 16.9 Å². The zero-order valence-corrected chi connectivity index (χ0v) is 10.9. The molecule has 0 amide bonds. The van der Waals surface area contributed by atoms with Crippen LogP contribution in [0.1, 0.15) is 38.2 Å². The number of carbonyl (C=O) groups excluding carboxylic acids is 2. The quantitative estimate of drug-likeness (QED) is 0.403. The van der Waals surface area contributed by atoms with E-state index in [1.807, 2.05) is 18.2 Å². The van der Waals surface area contributed by atoms with Gasteiger partial charge in [-0.1, -0.05) is 36.8 Å². The van der Waals surface area contributed by atoms with Gasteiger partial charge in [-0.2, -0.15) is 0 Å². The van der Waals surface area contributed by atoms with Crippen LogP contribution in [0.4, 0.5) is 0 Å². The molecule has 0 heterocycles. The van der Waals surface area contributed by atoms with E-state index in [0.29, 0.717) is 6.42 Å². The smallest absolute Gasteiger partial charge is 0.374 e. The fourth-order valence-corrected chi connectivity index (χ4v) is 1.75. The van der Waals surface area contributed by atoms with Crippen LogP contribution in [0.2, 0.25) is 0 Å². The third kappa shape index (κ3) is 5.62. The highest BCUT2D eigenvalue weighted by Crippen LogP contribution is 2.08. The van der Waals surface area contributed by atoms with Crippen molar-refractivity contribution in [2.24, 2.45) is 0 Å². The minimum atomic E-state index is -0.694. The normalized spacial score (nSPS) is 10.1. The van der Waals surface area contributed by atoms with Gasteiger partial charge in [0.15, 0.2) is 0 Å². The van der Waals surface area contributed by atoms with Crippen molar-refractivity contribution in [3.8, 4) is 0 Å². The lowest BCUT2D eigenvalue weighted by atomic mass is 10.1. The molecule has 0 bridgehead atoms. The van der Waals surface area contributed by atoms with Gasteiger partial charge in [-0.25, -0.2) is 4.79 Å². The van der Waals surface area contributed by atoms with Gasteiger partial charge in [0.25, 0.3) is 0 Å². The number of carbonyl (C=O) groups is 2. The molecule has 3 heteroatoms. The highest BCUT2D eigenvalue weighted by atomic mass is 16.5. The summed E-state index contributed by atoms with van der Waals surface area (Å²) < 4.78 is 4.64. The second kappa shape index (κ2) is 8.45. The van der Waals surface area contributed by atoms with E-state index in [9.17, 15) is 9.59 Å². The number of rotatable bonds is 8. The maximum atomic E-state index is 11.3. The molecule has 98 valence electrons. The van der Waals surface area contributed by atoms with Gasteiger partial charge in [-0.3, -0.25) is 4.79 Å². The molecule has 0 aliphatic rings. The molecular weight excluding hydrogens is 228 g/mol. The number of Topliss-reactive ketones (excluding diaryl/α,β-unsaturated/α-hetero) is 1. The number of ketones is 1. The predicted molar refractivity (Wildman–Crippen MR) is 70.3 cm³/mol. The van der Waals surface area contributed by atoms with Crippen molar-refractivity contribution in [1.82, 2.24) is 0 Å². The largest absolute Gasteiger partial charge is 0.460 e. The molecule has 18 heavy (non-hydrogen) atoms. The zero-order chi connectivity index (χ0) is 13.2. The first-order chi connectivity index (χ1) is 8.74. The van der Waals surface area contributed by atoms with Crippen molar-refractivity contribution in [2.75, 3.05) is 6.61 Å². The van der Waals surface area contributed by atoms with Crippen LogP contribution in [0.3, 0.4) is 0 Å². The lowest BCUT2D eigenvalue weighted by Gasteiger charge is -2.02. The van der Waals surface area contributed by atoms with Crippen LogP contribution < -0.4 is 0 Å². The summed E-state index contributed by atoms with van der Waals surface area (Å²) in [5.74, 6) is -1.10. The molecule has 0 aliphatic carbocycles. The summed E-state index contributed by atoms with van der Waals surface area (Å²) in [6.07, 6.45) is 4.08. The van der Waals surface area contributed by atoms with Crippen molar-refractivity contribution in [3.63, 3.8) is 0 Å². The molecule has 0 fully saturated rings. The topological polar surface area (TPSA) is 43.4 Å². The average molecular weight is 248 g/mol. The van der Waals surface area contributed by atoms with E-state index < -0.39 is 11.8 Å². The number of unbranched alkanes of at least 4 members (excludes halogenated alkanes) is 2. The van der Waals surface area contributed by atoms with E-state index in [-0.39, 0.29) is 6.61 Å². The average Bonchev–Trinajstić information content (AvgIpc) is 2.39. The molecule has 1 rings (SSSR count). The molecule has 0 radical (unpaired) electrons. The van der Waals surface area contributed by atoms with Crippen molar-refractivity contribution >= 4 is 11.8 Å². The zero-order valence-electron chi connectivity index (χ0n) is 10.9. The SMILES string of the molecule is CCOC(=O)C(=O)CCCCCc1ccccc1. The van der Waals surface area contributed by atoms with Gasteiger partial charge in [-0.05, 0) is 31.7 Å². The van der Waals surface area contributed by atoms with Crippen LogP contribution in [0, 0.1) is 0 Å². The lowest BCUT2D eigenvalue weighted by molar-refractivity contribution is -0.153. The first kappa shape index (κ1) is 14.4. The summed E-state index contributed by atoms with van der Waals surface area (Å²) in [4.78, 5) is 22.3. The minimum absolute atomic E-state index is 0.262. The number of ether oxygens (including phenoxy) is 1. The third-order valence-corrected chi connectivity index (χ3v) is 2.72. The monoisotopic (exact) mass is 248 g/mol. The van der Waals surface area contributed by atoms with Crippen LogP contribution in [-0.2, 0) is 20.7 Å².